The highest BCUT2D eigenvalue weighted by Crippen LogP contribution is 2.30. The van der Waals surface area contributed by atoms with Crippen LogP contribution >= 0.6 is 0 Å². The quantitative estimate of drug-likeness (QED) is 0.697. The number of hydrogen-bond donors (Lipinski definition) is 2. The summed E-state index contributed by atoms with van der Waals surface area (Å²) in [6.07, 6.45) is 3.77. The highest BCUT2D eigenvalue weighted by atomic mass is 16.7. The van der Waals surface area contributed by atoms with Gasteiger partial charge in [-0.05, 0) is 26.7 Å². The minimum absolute atomic E-state index is 0.00433. The molecule has 1 heterocycles. The Morgan fingerprint density at radius 1 is 1.41 bits per heavy atom. The summed E-state index contributed by atoms with van der Waals surface area (Å²) < 4.78 is 11.5. The first-order chi connectivity index (χ1) is 7.96. The maximum Gasteiger partial charge on any atom is 0.163 e. The Kier molecular flexibility index (Phi) is 5.59. The third-order valence-corrected chi connectivity index (χ3v) is 2.85. The minimum Gasteiger partial charge on any atom is -0.396 e. The van der Waals surface area contributed by atoms with Crippen LogP contribution in [0, 0.1) is 0 Å². The average Bonchev–Trinajstić information content (AvgIpc) is 2.15. The van der Waals surface area contributed by atoms with Crippen molar-refractivity contribution in [2.45, 2.75) is 63.6 Å². The zero-order valence-electron chi connectivity index (χ0n) is 10.8. The third kappa shape index (κ3) is 5.17. The second-order valence-corrected chi connectivity index (χ2v) is 5.04. The van der Waals surface area contributed by atoms with Gasteiger partial charge in [0.05, 0.1) is 18.3 Å². The van der Waals surface area contributed by atoms with Crippen LogP contribution in [0.25, 0.3) is 0 Å². The molecule has 0 aromatic carbocycles. The van der Waals surface area contributed by atoms with Crippen molar-refractivity contribution in [2.24, 2.45) is 0 Å². The predicted octanol–water partition coefficient (Wildman–Crippen LogP) is 1.61. The number of aliphatic hydroxyl groups is 2. The highest BCUT2D eigenvalue weighted by Gasteiger charge is 2.35. The van der Waals surface area contributed by atoms with Crippen molar-refractivity contribution in [3.05, 3.63) is 12.7 Å². The maximum atomic E-state index is 9.75. The molecule has 0 aromatic heterocycles. The first kappa shape index (κ1) is 14.6. The molecule has 1 aliphatic heterocycles. The average molecular weight is 244 g/mol. The van der Waals surface area contributed by atoms with E-state index in [1.165, 1.54) is 0 Å². The first-order valence-corrected chi connectivity index (χ1v) is 6.22. The van der Waals surface area contributed by atoms with E-state index in [1.807, 2.05) is 13.8 Å². The molecule has 0 aliphatic carbocycles. The summed E-state index contributed by atoms with van der Waals surface area (Å²) in [5.74, 6) is -0.642. The Balaban J connectivity index is 2.50. The van der Waals surface area contributed by atoms with Crippen LogP contribution in [-0.4, -0.2) is 40.9 Å². The molecule has 0 amide bonds. The molecule has 1 saturated heterocycles. The number of hydrogen-bond acceptors (Lipinski definition) is 4. The van der Waals surface area contributed by atoms with Gasteiger partial charge in [-0.2, -0.15) is 0 Å². The summed E-state index contributed by atoms with van der Waals surface area (Å²) >= 11 is 0. The van der Waals surface area contributed by atoms with Gasteiger partial charge in [0, 0.05) is 19.4 Å². The Morgan fingerprint density at radius 3 is 2.65 bits per heavy atom. The van der Waals surface area contributed by atoms with E-state index in [9.17, 15) is 5.11 Å². The molecule has 2 N–H and O–H groups in total. The minimum atomic E-state index is -0.642. The molecule has 3 atom stereocenters. The molecule has 0 radical (unpaired) electrons. The van der Waals surface area contributed by atoms with E-state index in [0.717, 1.165) is 6.42 Å². The molecule has 0 saturated carbocycles. The smallest absolute Gasteiger partial charge is 0.163 e. The molecule has 0 aromatic rings. The Labute approximate surface area is 103 Å². The summed E-state index contributed by atoms with van der Waals surface area (Å²) in [6.45, 7) is 7.45. The van der Waals surface area contributed by atoms with Gasteiger partial charge in [-0.25, -0.2) is 0 Å². The number of aliphatic hydroxyl groups excluding tert-OH is 2. The van der Waals surface area contributed by atoms with Crippen molar-refractivity contribution < 1.29 is 19.7 Å². The van der Waals surface area contributed by atoms with Crippen LogP contribution < -0.4 is 0 Å². The lowest BCUT2D eigenvalue weighted by Crippen LogP contribution is -2.45. The molecule has 0 bridgehead atoms. The number of ether oxygens (including phenoxy) is 2. The van der Waals surface area contributed by atoms with Crippen LogP contribution in [0.15, 0.2) is 12.7 Å². The van der Waals surface area contributed by atoms with Gasteiger partial charge >= 0.3 is 0 Å². The topological polar surface area (TPSA) is 58.9 Å². The Hall–Kier alpha value is -0.420. The molecule has 0 spiro atoms. The van der Waals surface area contributed by atoms with Crippen LogP contribution in [0.2, 0.25) is 0 Å². The Bertz CT molecular complexity index is 240. The van der Waals surface area contributed by atoms with Crippen molar-refractivity contribution in [1.82, 2.24) is 0 Å². The zero-order chi connectivity index (χ0) is 12.9. The summed E-state index contributed by atoms with van der Waals surface area (Å²) in [5, 5.41) is 18.7. The molecular formula is C13H24O4. The van der Waals surface area contributed by atoms with Crippen LogP contribution in [0.1, 0.15) is 39.5 Å². The van der Waals surface area contributed by atoms with E-state index in [0.29, 0.717) is 19.3 Å². The van der Waals surface area contributed by atoms with E-state index < -0.39 is 11.9 Å². The van der Waals surface area contributed by atoms with Crippen LogP contribution in [0.5, 0.6) is 0 Å². The largest absolute Gasteiger partial charge is 0.396 e. The Morgan fingerprint density at radius 2 is 2.06 bits per heavy atom. The van der Waals surface area contributed by atoms with Crippen molar-refractivity contribution in [3.8, 4) is 0 Å². The first-order valence-electron chi connectivity index (χ1n) is 6.22. The van der Waals surface area contributed by atoms with Crippen molar-refractivity contribution in [3.63, 3.8) is 0 Å². The zero-order valence-corrected chi connectivity index (χ0v) is 10.8. The van der Waals surface area contributed by atoms with E-state index in [1.54, 1.807) is 6.08 Å². The van der Waals surface area contributed by atoms with Crippen LogP contribution in [0.3, 0.4) is 0 Å². The fourth-order valence-corrected chi connectivity index (χ4v) is 2.28. The van der Waals surface area contributed by atoms with Gasteiger partial charge < -0.3 is 19.7 Å². The summed E-state index contributed by atoms with van der Waals surface area (Å²) in [7, 11) is 0. The van der Waals surface area contributed by atoms with E-state index in [-0.39, 0.29) is 18.8 Å². The SMILES string of the molecule is C=CC[C@H](O)C[C@@H]1C[C@H](CCO)OC(C)(C)O1. The van der Waals surface area contributed by atoms with E-state index >= 15 is 0 Å². The fourth-order valence-electron chi connectivity index (χ4n) is 2.28. The molecule has 0 unspecified atom stereocenters. The molecule has 4 nitrogen and oxygen atoms in total. The van der Waals surface area contributed by atoms with Crippen molar-refractivity contribution in [2.75, 3.05) is 6.61 Å². The normalized spacial score (nSPS) is 29.9. The lowest BCUT2D eigenvalue weighted by molar-refractivity contribution is -0.304. The molecule has 1 fully saturated rings. The molecule has 1 rings (SSSR count). The summed E-state index contributed by atoms with van der Waals surface area (Å²) in [5.41, 5.74) is 0. The lowest BCUT2D eigenvalue weighted by Gasteiger charge is -2.41. The van der Waals surface area contributed by atoms with E-state index in [2.05, 4.69) is 6.58 Å². The second kappa shape index (κ2) is 6.50. The standard InChI is InChI=1S/C13H24O4/c1-4-5-10(15)8-12-9-11(6-7-14)16-13(2,3)17-12/h4,10-12,14-15H,1,5-9H2,2-3H3/t10-,11-,12+/m0/s1. The lowest BCUT2D eigenvalue weighted by atomic mass is 9.99. The monoisotopic (exact) mass is 244 g/mol. The van der Waals surface area contributed by atoms with Gasteiger partial charge in [-0.1, -0.05) is 6.08 Å². The molecule has 4 heteroatoms. The molecule has 1 aliphatic rings. The highest BCUT2D eigenvalue weighted by molar-refractivity contribution is 4.81. The van der Waals surface area contributed by atoms with Crippen molar-refractivity contribution >= 4 is 0 Å². The van der Waals surface area contributed by atoms with Crippen molar-refractivity contribution in [1.29, 1.82) is 0 Å². The van der Waals surface area contributed by atoms with Gasteiger partial charge in [0.25, 0.3) is 0 Å². The van der Waals surface area contributed by atoms with Gasteiger partial charge in [0.2, 0.25) is 0 Å². The molecular weight excluding hydrogens is 220 g/mol. The number of rotatable bonds is 6. The molecule has 17 heavy (non-hydrogen) atoms. The second-order valence-electron chi connectivity index (χ2n) is 5.04. The maximum absolute atomic E-state index is 9.75. The van der Waals surface area contributed by atoms with Crippen LogP contribution in [-0.2, 0) is 9.47 Å². The predicted molar refractivity (Wildman–Crippen MR) is 65.6 cm³/mol. The van der Waals surface area contributed by atoms with Crippen LogP contribution in [0.4, 0.5) is 0 Å². The third-order valence-electron chi connectivity index (χ3n) is 2.85. The van der Waals surface area contributed by atoms with E-state index in [4.69, 9.17) is 14.6 Å². The summed E-state index contributed by atoms with van der Waals surface area (Å²) in [4.78, 5) is 0. The fraction of sp³-hybridized carbons (Fsp3) is 0.846. The van der Waals surface area contributed by atoms with Gasteiger partial charge in [-0.15, -0.1) is 6.58 Å². The van der Waals surface area contributed by atoms with Gasteiger partial charge in [0.1, 0.15) is 0 Å². The summed E-state index contributed by atoms with van der Waals surface area (Å²) in [6, 6.07) is 0. The molecule has 100 valence electrons. The van der Waals surface area contributed by atoms with Gasteiger partial charge in [-0.3, -0.25) is 0 Å². The van der Waals surface area contributed by atoms with Gasteiger partial charge in [0.15, 0.2) is 5.79 Å².